The number of benzene rings is 1. The van der Waals surface area contributed by atoms with Gasteiger partial charge in [-0.05, 0) is 32.0 Å². The van der Waals surface area contributed by atoms with Crippen molar-refractivity contribution in [2.75, 3.05) is 7.11 Å². The molecule has 1 aromatic heterocycles. The first-order chi connectivity index (χ1) is 11.9. The van der Waals surface area contributed by atoms with Crippen molar-refractivity contribution in [3.05, 3.63) is 51.7 Å². The molecule has 1 N–H and O–H groups in total. The largest absolute Gasteiger partial charge is 0.496 e. The molecule has 0 aliphatic heterocycles. The Morgan fingerprint density at radius 2 is 1.80 bits per heavy atom. The molecular formula is C18H19NO5S. The Balaban J connectivity index is 1.91. The van der Waals surface area contributed by atoms with Crippen LogP contribution in [0.25, 0.3) is 0 Å². The van der Waals surface area contributed by atoms with Crippen molar-refractivity contribution in [1.82, 2.24) is 5.32 Å². The van der Waals surface area contributed by atoms with Crippen molar-refractivity contribution < 1.29 is 23.9 Å². The van der Waals surface area contributed by atoms with Crippen molar-refractivity contribution in [2.24, 2.45) is 0 Å². The number of ether oxygens (including phenoxy) is 2. The second-order valence-corrected chi connectivity index (χ2v) is 6.38. The molecule has 2 rings (SSSR count). The van der Waals surface area contributed by atoms with Gasteiger partial charge in [0.2, 0.25) is 0 Å². The predicted molar refractivity (Wildman–Crippen MR) is 94.0 cm³/mol. The van der Waals surface area contributed by atoms with Gasteiger partial charge in [-0.3, -0.25) is 9.59 Å². The van der Waals surface area contributed by atoms with Gasteiger partial charge < -0.3 is 14.8 Å². The summed E-state index contributed by atoms with van der Waals surface area (Å²) in [7, 11) is 1.56. The molecule has 1 amide bonds. The summed E-state index contributed by atoms with van der Waals surface area (Å²) in [4.78, 5) is 36.2. The Hall–Kier alpha value is -2.67. The summed E-state index contributed by atoms with van der Waals surface area (Å²) in [5.74, 6) is -0.491. The van der Waals surface area contributed by atoms with E-state index in [0.717, 1.165) is 16.9 Å². The zero-order valence-electron chi connectivity index (χ0n) is 14.2. The number of para-hydroxylation sites is 1. The van der Waals surface area contributed by atoms with Gasteiger partial charge in [-0.2, -0.15) is 0 Å². The molecule has 1 heterocycles. The minimum absolute atomic E-state index is 0.119. The van der Waals surface area contributed by atoms with Crippen molar-refractivity contribution in [3.63, 3.8) is 0 Å². The van der Waals surface area contributed by atoms with Crippen LogP contribution in [0.15, 0.2) is 36.4 Å². The smallest absolute Gasteiger partial charge is 0.349 e. The first-order valence-corrected chi connectivity index (χ1v) is 8.45. The molecule has 25 heavy (non-hydrogen) atoms. The molecule has 6 nitrogen and oxygen atoms in total. The fourth-order valence-electron chi connectivity index (χ4n) is 2.08. The number of methoxy groups -OCH3 is 1. The minimum atomic E-state index is -0.954. The normalized spacial score (nSPS) is 11.5. The minimum Gasteiger partial charge on any atom is -0.496 e. The molecule has 0 aliphatic rings. The quantitative estimate of drug-likeness (QED) is 0.606. The molecule has 1 atom stereocenters. The van der Waals surface area contributed by atoms with Crippen LogP contribution in [0.3, 0.4) is 0 Å². The van der Waals surface area contributed by atoms with Gasteiger partial charge in [-0.25, -0.2) is 4.79 Å². The Morgan fingerprint density at radius 1 is 1.12 bits per heavy atom. The second-order valence-electron chi connectivity index (χ2n) is 5.30. The zero-order chi connectivity index (χ0) is 18.4. The van der Waals surface area contributed by atoms with Crippen molar-refractivity contribution >= 4 is 29.0 Å². The maximum Gasteiger partial charge on any atom is 0.349 e. The van der Waals surface area contributed by atoms with Crippen LogP contribution < -0.4 is 10.1 Å². The van der Waals surface area contributed by atoms with Crippen LogP contribution in [0.4, 0.5) is 0 Å². The first kappa shape index (κ1) is 18.7. The highest BCUT2D eigenvalue weighted by molar-refractivity contribution is 7.15. The summed E-state index contributed by atoms with van der Waals surface area (Å²) in [5.41, 5.74) is 0.821. The number of ketones is 1. The average Bonchev–Trinajstić information content (AvgIpc) is 3.10. The van der Waals surface area contributed by atoms with Gasteiger partial charge in [0, 0.05) is 12.1 Å². The van der Waals surface area contributed by atoms with Crippen LogP contribution in [-0.4, -0.2) is 30.9 Å². The summed E-state index contributed by atoms with van der Waals surface area (Å²) in [6.45, 7) is 3.18. The molecule has 2 aromatic rings. The molecule has 0 saturated carbocycles. The van der Waals surface area contributed by atoms with Gasteiger partial charge in [0.05, 0.1) is 12.0 Å². The van der Waals surface area contributed by atoms with E-state index in [2.05, 4.69) is 5.32 Å². The van der Waals surface area contributed by atoms with Gasteiger partial charge in [0.15, 0.2) is 11.9 Å². The zero-order valence-corrected chi connectivity index (χ0v) is 15.0. The number of hydrogen-bond acceptors (Lipinski definition) is 6. The van der Waals surface area contributed by atoms with Gasteiger partial charge in [0.25, 0.3) is 5.91 Å². The van der Waals surface area contributed by atoms with E-state index in [9.17, 15) is 14.4 Å². The molecule has 0 unspecified atom stereocenters. The van der Waals surface area contributed by atoms with E-state index in [1.807, 2.05) is 18.2 Å². The third-order valence-electron chi connectivity index (χ3n) is 3.45. The van der Waals surface area contributed by atoms with E-state index >= 15 is 0 Å². The highest BCUT2D eigenvalue weighted by Crippen LogP contribution is 2.19. The highest BCUT2D eigenvalue weighted by atomic mass is 32.1. The fourth-order valence-corrected chi connectivity index (χ4v) is 2.87. The number of amides is 1. The van der Waals surface area contributed by atoms with Crippen LogP contribution in [0.2, 0.25) is 0 Å². The SMILES string of the molecule is COc1ccccc1CNC(=O)[C@@H](C)OC(=O)c1ccc(C(C)=O)s1. The molecule has 0 spiro atoms. The van der Waals surface area contributed by atoms with Gasteiger partial charge >= 0.3 is 5.97 Å². The number of hydrogen-bond donors (Lipinski definition) is 1. The lowest BCUT2D eigenvalue weighted by Crippen LogP contribution is -2.35. The number of esters is 1. The van der Waals surface area contributed by atoms with Crippen molar-refractivity contribution in [2.45, 2.75) is 26.5 Å². The van der Waals surface area contributed by atoms with Crippen LogP contribution in [-0.2, 0) is 16.1 Å². The molecule has 0 fully saturated rings. The van der Waals surface area contributed by atoms with E-state index < -0.39 is 18.0 Å². The Bertz CT molecular complexity index is 783. The lowest BCUT2D eigenvalue weighted by atomic mass is 10.2. The lowest BCUT2D eigenvalue weighted by molar-refractivity contribution is -0.129. The van der Waals surface area contributed by atoms with Gasteiger partial charge in [0.1, 0.15) is 10.6 Å². The Kier molecular flexibility index (Phi) is 6.30. The molecule has 132 valence electrons. The van der Waals surface area contributed by atoms with E-state index in [-0.39, 0.29) is 17.2 Å². The van der Waals surface area contributed by atoms with Gasteiger partial charge in [-0.1, -0.05) is 18.2 Å². The van der Waals surface area contributed by atoms with E-state index in [1.54, 1.807) is 19.2 Å². The summed E-state index contributed by atoms with van der Waals surface area (Å²) in [5, 5.41) is 2.71. The molecule has 7 heteroatoms. The molecular weight excluding hydrogens is 342 g/mol. The number of rotatable bonds is 7. The topological polar surface area (TPSA) is 81.7 Å². The Labute approximate surface area is 149 Å². The highest BCUT2D eigenvalue weighted by Gasteiger charge is 2.20. The average molecular weight is 361 g/mol. The maximum absolute atomic E-state index is 12.1. The molecule has 0 aliphatic carbocycles. The summed E-state index contributed by atoms with van der Waals surface area (Å²) in [6.07, 6.45) is -0.954. The third kappa shape index (κ3) is 4.90. The van der Waals surface area contributed by atoms with E-state index in [1.165, 1.54) is 19.9 Å². The second kappa shape index (κ2) is 8.43. The lowest BCUT2D eigenvalue weighted by Gasteiger charge is -2.14. The number of thiophene rings is 1. The first-order valence-electron chi connectivity index (χ1n) is 7.63. The molecule has 0 bridgehead atoms. The van der Waals surface area contributed by atoms with Crippen LogP contribution in [0.5, 0.6) is 5.75 Å². The van der Waals surface area contributed by atoms with Gasteiger partial charge in [-0.15, -0.1) is 11.3 Å². The van der Waals surface area contributed by atoms with E-state index in [0.29, 0.717) is 10.6 Å². The number of carbonyl (C=O) groups is 3. The Morgan fingerprint density at radius 3 is 2.44 bits per heavy atom. The predicted octanol–water partition coefficient (Wildman–Crippen LogP) is 2.82. The monoisotopic (exact) mass is 361 g/mol. The fraction of sp³-hybridized carbons (Fsp3) is 0.278. The summed E-state index contributed by atoms with van der Waals surface area (Å²) < 4.78 is 10.4. The molecule has 0 radical (unpaired) electrons. The molecule has 1 aromatic carbocycles. The summed E-state index contributed by atoms with van der Waals surface area (Å²) in [6, 6.07) is 10.4. The summed E-state index contributed by atoms with van der Waals surface area (Å²) >= 11 is 1.05. The van der Waals surface area contributed by atoms with Crippen molar-refractivity contribution in [3.8, 4) is 5.75 Å². The van der Waals surface area contributed by atoms with Crippen LogP contribution in [0.1, 0.15) is 38.8 Å². The third-order valence-corrected chi connectivity index (χ3v) is 4.62. The van der Waals surface area contributed by atoms with Crippen molar-refractivity contribution in [1.29, 1.82) is 0 Å². The number of nitrogens with one attached hydrogen (secondary N) is 1. The van der Waals surface area contributed by atoms with E-state index in [4.69, 9.17) is 9.47 Å². The number of carbonyl (C=O) groups excluding carboxylic acids is 3. The maximum atomic E-state index is 12.1. The molecule has 0 saturated heterocycles. The number of Topliss-reactive ketones (excluding diaryl/α,β-unsaturated/α-hetero) is 1. The standard InChI is InChI=1S/C18H19NO5S/c1-11(20)15-8-9-16(25-15)18(22)24-12(2)17(21)19-10-13-6-4-5-7-14(13)23-3/h4-9,12H,10H2,1-3H3,(H,19,21)/t12-/m1/s1. The van der Waals surface area contributed by atoms with Crippen LogP contribution >= 0.6 is 11.3 Å². The van der Waals surface area contributed by atoms with Crippen LogP contribution in [0, 0.1) is 0 Å².